The third-order valence-electron chi connectivity index (χ3n) is 2.18. The monoisotopic (exact) mass is 204 g/mol. The molecule has 0 saturated heterocycles. The van der Waals surface area contributed by atoms with Crippen LogP contribution in [0.5, 0.6) is 0 Å². The Labute approximate surface area is 87.2 Å². The van der Waals surface area contributed by atoms with Crippen LogP contribution in [0.25, 0.3) is 5.69 Å². The van der Waals surface area contributed by atoms with E-state index in [0.29, 0.717) is 0 Å². The van der Waals surface area contributed by atoms with E-state index in [1.807, 2.05) is 24.3 Å². The van der Waals surface area contributed by atoms with Crippen LogP contribution < -0.4 is 5.73 Å². The first-order chi connectivity index (χ1) is 7.31. The normalized spacial score (nSPS) is 12.7. The highest BCUT2D eigenvalue weighted by Crippen LogP contribution is 2.14. The van der Waals surface area contributed by atoms with Gasteiger partial charge in [-0.05, 0) is 17.7 Å². The summed E-state index contributed by atoms with van der Waals surface area (Å²) in [4.78, 5) is 3.86. The molecule has 2 rings (SSSR count). The number of aliphatic hydroxyl groups is 1. The van der Waals surface area contributed by atoms with E-state index in [-0.39, 0.29) is 12.6 Å². The number of hydrogen-bond donors (Lipinski definition) is 2. The molecule has 15 heavy (non-hydrogen) atoms. The molecule has 0 fully saturated rings. The lowest BCUT2D eigenvalue weighted by molar-refractivity contribution is 0.268. The van der Waals surface area contributed by atoms with Crippen LogP contribution in [0.1, 0.15) is 11.6 Å². The molecular weight excluding hydrogens is 192 g/mol. The Bertz CT molecular complexity index is 427. The second kappa shape index (κ2) is 4.20. The van der Waals surface area contributed by atoms with E-state index in [4.69, 9.17) is 10.8 Å². The molecule has 2 aromatic rings. The Balaban J connectivity index is 2.35. The molecule has 78 valence electrons. The molecule has 1 aromatic carbocycles. The molecule has 1 aromatic heterocycles. The lowest BCUT2D eigenvalue weighted by Crippen LogP contribution is -2.14. The predicted octanol–water partition coefficient (Wildman–Crippen LogP) is 0.259. The average Bonchev–Trinajstić information content (AvgIpc) is 2.82. The third kappa shape index (κ3) is 2.03. The highest BCUT2D eigenvalue weighted by atomic mass is 16.3. The van der Waals surface area contributed by atoms with Crippen molar-refractivity contribution in [3.63, 3.8) is 0 Å². The van der Waals surface area contributed by atoms with Gasteiger partial charge in [-0.3, -0.25) is 0 Å². The van der Waals surface area contributed by atoms with E-state index in [2.05, 4.69) is 10.1 Å². The fourth-order valence-corrected chi connectivity index (χ4v) is 1.34. The highest BCUT2D eigenvalue weighted by molar-refractivity contribution is 5.35. The molecule has 0 spiro atoms. The maximum absolute atomic E-state index is 8.95. The summed E-state index contributed by atoms with van der Waals surface area (Å²) in [7, 11) is 0. The largest absolute Gasteiger partial charge is 0.394 e. The van der Waals surface area contributed by atoms with Crippen molar-refractivity contribution in [1.29, 1.82) is 0 Å². The number of benzene rings is 1. The lowest BCUT2D eigenvalue weighted by atomic mass is 10.1. The lowest BCUT2D eigenvalue weighted by Gasteiger charge is -2.09. The van der Waals surface area contributed by atoms with Crippen LogP contribution in [-0.4, -0.2) is 26.5 Å². The van der Waals surface area contributed by atoms with Crippen LogP contribution >= 0.6 is 0 Å². The first kappa shape index (κ1) is 9.82. The van der Waals surface area contributed by atoms with Crippen molar-refractivity contribution in [1.82, 2.24) is 14.8 Å². The molecule has 0 bridgehead atoms. The van der Waals surface area contributed by atoms with Crippen molar-refractivity contribution in [2.45, 2.75) is 6.04 Å². The van der Waals surface area contributed by atoms with Crippen molar-refractivity contribution < 1.29 is 5.11 Å². The molecule has 5 nitrogen and oxygen atoms in total. The SMILES string of the molecule is NC(CO)c1cccc(-n2cncn2)c1. The smallest absolute Gasteiger partial charge is 0.138 e. The van der Waals surface area contributed by atoms with Crippen molar-refractivity contribution in [2.75, 3.05) is 6.61 Å². The first-order valence-electron chi connectivity index (χ1n) is 4.62. The molecule has 1 heterocycles. The van der Waals surface area contributed by atoms with E-state index >= 15 is 0 Å². The minimum atomic E-state index is -0.353. The van der Waals surface area contributed by atoms with Gasteiger partial charge in [-0.1, -0.05) is 12.1 Å². The van der Waals surface area contributed by atoms with Crippen LogP contribution in [0, 0.1) is 0 Å². The third-order valence-corrected chi connectivity index (χ3v) is 2.18. The summed E-state index contributed by atoms with van der Waals surface area (Å²) in [5.74, 6) is 0. The van der Waals surface area contributed by atoms with Gasteiger partial charge in [0.05, 0.1) is 18.3 Å². The Kier molecular flexibility index (Phi) is 2.75. The van der Waals surface area contributed by atoms with Crippen molar-refractivity contribution >= 4 is 0 Å². The number of aliphatic hydroxyl groups excluding tert-OH is 1. The van der Waals surface area contributed by atoms with Gasteiger partial charge in [0.15, 0.2) is 0 Å². The van der Waals surface area contributed by atoms with Gasteiger partial charge in [0.1, 0.15) is 12.7 Å². The molecule has 0 aliphatic heterocycles. The van der Waals surface area contributed by atoms with Gasteiger partial charge >= 0.3 is 0 Å². The van der Waals surface area contributed by atoms with Gasteiger partial charge < -0.3 is 10.8 Å². The summed E-state index contributed by atoms with van der Waals surface area (Å²) in [6.07, 6.45) is 3.09. The number of hydrogen-bond acceptors (Lipinski definition) is 4. The van der Waals surface area contributed by atoms with Crippen LogP contribution in [0.4, 0.5) is 0 Å². The summed E-state index contributed by atoms with van der Waals surface area (Å²) in [6.45, 7) is -0.0686. The average molecular weight is 204 g/mol. The minimum Gasteiger partial charge on any atom is -0.394 e. The molecule has 0 radical (unpaired) electrons. The standard InChI is InChI=1S/C10H12N4O/c11-10(5-15)8-2-1-3-9(4-8)14-7-12-6-13-14/h1-4,6-7,10,15H,5,11H2. The van der Waals surface area contributed by atoms with Crippen LogP contribution in [-0.2, 0) is 0 Å². The van der Waals surface area contributed by atoms with Crippen molar-refractivity contribution in [3.05, 3.63) is 42.5 Å². The number of nitrogens with zero attached hydrogens (tertiary/aromatic N) is 3. The highest BCUT2D eigenvalue weighted by Gasteiger charge is 2.05. The molecular formula is C10H12N4O. The zero-order valence-electron chi connectivity index (χ0n) is 8.11. The summed E-state index contributed by atoms with van der Waals surface area (Å²) < 4.78 is 1.65. The molecule has 1 unspecified atom stereocenters. The number of aromatic nitrogens is 3. The summed E-state index contributed by atoms with van der Waals surface area (Å²) in [5, 5.41) is 13.0. The topological polar surface area (TPSA) is 77.0 Å². The Morgan fingerprint density at radius 1 is 1.47 bits per heavy atom. The van der Waals surface area contributed by atoms with E-state index < -0.39 is 0 Å². The predicted molar refractivity (Wildman–Crippen MR) is 55.4 cm³/mol. The van der Waals surface area contributed by atoms with Crippen LogP contribution in [0.2, 0.25) is 0 Å². The zero-order chi connectivity index (χ0) is 10.7. The maximum atomic E-state index is 8.95. The van der Waals surface area contributed by atoms with Gasteiger partial charge in [-0.25, -0.2) is 9.67 Å². The van der Waals surface area contributed by atoms with Crippen molar-refractivity contribution in [3.8, 4) is 5.69 Å². The van der Waals surface area contributed by atoms with Crippen molar-refractivity contribution in [2.24, 2.45) is 5.73 Å². The fourth-order valence-electron chi connectivity index (χ4n) is 1.34. The van der Waals surface area contributed by atoms with Gasteiger partial charge in [-0.2, -0.15) is 5.10 Å². The van der Waals surface area contributed by atoms with E-state index in [0.717, 1.165) is 11.3 Å². The minimum absolute atomic E-state index is 0.0686. The van der Waals surface area contributed by atoms with E-state index in [9.17, 15) is 0 Å². The van der Waals surface area contributed by atoms with E-state index in [1.165, 1.54) is 6.33 Å². The molecule has 0 aliphatic rings. The number of rotatable bonds is 3. The van der Waals surface area contributed by atoms with Gasteiger partial charge in [0, 0.05) is 0 Å². The van der Waals surface area contributed by atoms with Gasteiger partial charge in [-0.15, -0.1) is 0 Å². The summed E-state index contributed by atoms with van der Waals surface area (Å²) in [5.41, 5.74) is 7.48. The molecule has 5 heteroatoms. The Morgan fingerprint density at radius 2 is 2.33 bits per heavy atom. The zero-order valence-corrected chi connectivity index (χ0v) is 8.11. The maximum Gasteiger partial charge on any atom is 0.138 e. The molecule has 3 N–H and O–H groups in total. The van der Waals surface area contributed by atoms with E-state index in [1.54, 1.807) is 11.0 Å². The second-order valence-corrected chi connectivity index (χ2v) is 3.22. The fraction of sp³-hybridized carbons (Fsp3) is 0.200. The van der Waals surface area contributed by atoms with Crippen LogP contribution in [0.3, 0.4) is 0 Å². The summed E-state index contributed by atoms with van der Waals surface area (Å²) >= 11 is 0. The Hall–Kier alpha value is -1.72. The quantitative estimate of drug-likeness (QED) is 0.751. The second-order valence-electron chi connectivity index (χ2n) is 3.22. The molecule has 0 aliphatic carbocycles. The van der Waals surface area contributed by atoms with Gasteiger partial charge in [0.2, 0.25) is 0 Å². The first-order valence-corrected chi connectivity index (χ1v) is 4.62. The molecule has 0 amide bonds. The Morgan fingerprint density at radius 3 is 3.00 bits per heavy atom. The molecule has 1 atom stereocenters. The summed E-state index contributed by atoms with van der Waals surface area (Å²) in [6, 6.07) is 7.19. The van der Waals surface area contributed by atoms with Crippen LogP contribution in [0.15, 0.2) is 36.9 Å². The number of nitrogens with two attached hydrogens (primary N) is 1. The van der Waals surface area contributed by atoms with Gasteiger partial charge in [0.25, 0.3) is 0 Å². The molecule has 0 saturated carbocycles.